The average Bonchev–Trinajstić information content (AvgIpc) is 2.87. The van der Waals surface area contributed by atoms with Gasteiger partial charge in [-0.2, -0.15) is 0 Å². The van der Waals surface area contributed by atoms with E-state index in [0.29, 0.717) is 30.0 Å². The van der Waals surface area contributed by atoms with E-state index in [9.17, 15) is 14.4 Å². The first-order chi connectivity index (χ1) is 12.6. The number of amides is 1. The van der Waals surface area contributed by atoms with Crippen LogP contribution in [-0.4, -0.2) is 58.5 Å². The van der Waals surface area contributed by atoms with Gasteiger partial charge in [0.25, 0.3) is 5.91 Å². The molecule has 0 radical (unpaired) electrons. The maximum absolute atomic E-state index is 12.4. The summed E-state index contributed by atoms with van der Waals surface area (Å²) in [5.41, 5.74) is 1.61. The van der Waals surface area contributed by atoms with E-state index in [1.165, 1.54) is 19.1 Å². The minimum absolute atomic E-state index is 0.0185. The Morgan fingerprint density at radius 1 is 1.12 bits per heavy atom. The van der Waals surface area contributed by atoms with Crippen molar-refractivity contribution < 1.29 is 28.6 Å². The molecule has 3 rings (SSSR count). The molecule has 26 heavy (non-hydrogen) atoms. The Morgan fingerprint density at radius 2 is 1.85 bits per heavy atom. The normalized spacial score (nSPS) is 16.8. The molecule has 0 bridgehead atoms. The van der Waals surface area contributed by atoms with Gasteiger partial charge in [0.15, 0.2) is 0 Å². The summed E-state index contributed by atoms with van der Waals surface area (Å²) in [6, 6.07) is 5.11. The second kappa shape index (κ2) is 7.44. The van der Waals surface area contributed by atoms with Crippen molar-refractivity contribution in [2.24, 2.45) is 0 Å². The molecule has 2 aliphatic heterocycles. The first kappa shape index (κ1) is 17.7. The zero-order chi connectivity index (χ0) is 18.7. The van der Waals surface area contributed by atoms with Crippen LogP contribution in [0.3, 0.4) is 0 Å². The van der Waals surface area contributed by atoms with Crippen LogP contribution in [0.5, 0.6) is 0 Å². The number of fused-ring (bicyclic) bond motifs is 1. The number of nitrogens with one attached hydrogen (secondary N) is 2. The second-order valence-electron chi connectivity index (χ2n) is 5.60. The average molecular weight is 361 g/mol. The Hall–Kier alpha value is -3.07. The molecule has 9 heteroatoms. The lowest BCUT2D eigenvalue weighted by Gasteiger charge is -2.32. The fourth-order valence-electron chi connectivity index (χ4n) is 2.93. The molecule has 2 N–H and O–H groups in total. The van der Waals surface area contributed by atoms with Gasteiger partial charge in [-0.15, -0.1) is 0 Å². The molecule has 138 valence electrons. The summed E-state index contributed by atoms with van der Waals surface area (Å²) in [6.45, 7) is 0.934. The van der Waals surface area contributed by atoms with Crippen LogP contribution >= 0.6 is 0 Å². The SMILES string of the molecule is COC(=O)C1=C(C(=O)OC)N(c2cccc3c2NCCNC3=O)COC1. The van der Waals surface area contributed by atoms with Crippen LogP contribution in [0.25, 0.3) is 0 Å². The van der Waals surface area contributed by atoms with E-state index in [0.717, 1.165) is 0 Å². The number of para-hydroxylation sites is 1. The van der Waals surface area contributed by atoms with Crippen molar-refractivity contribution in [2.45, 2.75) is 0 Å². The molecule has 1 aromatic rings. The van der Waals surface area contributed by atoms with Crippen LogP contribution < -0.4 is 15.5 Å². The number of esters is 2. The van der Waals surface area contributed by atoms with E-state index < -0.39 is 11.9 Å². The lowest BCUT2D eigenvalue weighted by atomic mass is 10.1. The van der Waals surface area contributed by atoms with E-state index in [2.05, 4.69) is 10.6 Å². The summed E-state index contributed by atoms with van der Waals surface area (Å²) >= 11 is 0. The number of methoxy groups -OCH3 is 2. The summed E-state index contributed by atoms with van der Waals surface area (Å²) < 4.78 is 15.1. The van der Waals surface area contributed by atoms with Crippen molar-refractivity contribution in [3.63, 3.8) is 0 Å². The van der Waals surface area contributed by atoms with Gasteiger partial charge in [-0.3, -0.25) is 4.79 Å². The van der Waals surface area contributed by atoms with E-state index in [1.54, 1.807) is 18.2 Å². The van der Waals surface area contributed by atoms with Gasteiger partial charge >= 0.3 is 11.9 Å². The molecule has 1 amide bonds. The van der Waals surface area contributed by atoms with Gasteiger partial charge in [-0.25, -0.2) is 9.59 Å². The zero-order valence-corrected chi connectivity index (χ0v) is 14.5. The van der Waals surface area contributed by atoms with Crippen molar-refractivity contribution >= 4 is 29.2 Å². The molecule has 0 saturated heterocycles. The van der Waals surface area contributed by atoms with Crippen molar-refractivity contribution in [1.82, 2.24) is 5.32 Å². The summed E-state index contributed by atoms with van der Waals surface area (Å²) in [5.74, 6) is -1.59. The van der Waals surface area contributed by atoms with Crippen molar-refractivity contribution in [3.8, 4) is 0 Å². The number of carbonyl (C=O) groups is 3. The van der Waals surface area contributed by atoms with Gasteiger partial charge in [-0.05, 0) is 12.1 Å². The van der Waals surface area contributed by atoms with Crippen LogP contribution in [0.1, 0.15) is 10.4 Å². The summed E-state index contributed by atoms with van der Waals surface area (Å²) in [5, 5.41) is 5.97. The largest absolute Gasteiger partial charge is 0.466 e. The molecule has 1 aromatic carbocycles. The third-order valence-electron chi connectivity index (χ3n) is 4.12. The number of anilines is 2. The smallest absolute Gasteiger partial charge is 0.355 e. The maximum atomic E-state index is 12.4. The number of hydrogen-bond acceptors (Lipinski definition) is 8. The van der Waals surface area contributed by atoms with Crippen LogP contribution in [-0.2, 0) is 23.8 Å². The molecule has 9 nitrogen and oxygen atoms in total. The molecule has 0 aromatic heterocycles. The fraction of sp³-hybridized carbons (Fsp3) is 0.353. The first-order valence-corrected chi connectivity index (χ1v) is 7.98. The predicted octanol–water partition coefficient (Wildman–Crippen LogP) is 0.236. The van der Waals surface area contributed by atoms with E-state index in [4.69, 9.17) is 14.2 Å². The molecular formula is C17H19N3O6. The highest BCUT2D eigenvalue weighted by atomic mass is 16.5. The highest BCUT2D eigenvalue weighted by molar-refractivity contribution is 6.07. The van der Waals surface area contributed by atoms with Gasteiger partial charge in [-0.1, -0.05) is 6.07 Å². The lowest BCUT2D eigenvalue weighted by Crippen LogP contribution is -2.39. The van der Waals surface area contributed by atoms with Gasteiger partial charge in [0.2, 0.25) is 0 Å². The summed E-state index contributed by atoms with van der Waals surface area (Å²) in [7, 11) is 2.46. The molecular weight excluding hydrogens is 342 g/mol. The fourth-order valence-corrected chi connectivity index (χ4v) is 2.93. The maximum Gasteiger partial charge on any atom is 0.355 e. The minimum atomic E-state index is -0.690. The van der Waals surface area contributed by atoms with Gasteiger partial charge < -0.3 is 29.7 Å². The van der Waals surface area contributed by atoms with Crippen LogP contribution in [0.4, 0.5) is 11.4 Å². The number of ether oxygens (including phenoxy) is 3. The molecule has 0 fully saturated rings. The summed E-state index contributed by atoms with van der Waals surface area (Å²) in [4.78, 5) is 38.3. The van der Waals surface area contributed by atoms with Crippen LogP contribution in [0, 0.1) is 0 Å². The quantitative estimate of drug-likeness (QED) is 0.738. The molecule has 2 heterocycles. The van der Waals surface area contributed by atoms with E-state index >= 15 is 0 Å². The Morgan fingerprint density at radius 3 is 2.58 bits per heavy atom. The molecule has 0 spiro atoms. The second-order valence-corrected chi connectivity index (χ2v) is 5.60. The summed E-state index contributed by atoms with van der Waals surface area (Å²) in [6.07, 6.45) is 0. The zero-order valence-electron chi connectivity index (χ0n) is 14.5. The molecule has 2 aliphatic rings. The monoisotopic (exact) mass is 361 g/mol. The third kappa shape index (κ3) is 3.08. The predicted molar refractivity (Wildman–Crippen MR) is 91.6 cm³/mol. The van der Waals surface area contributed by atoms with Gasteiger partial charge in [0, 0.05) is 13.1 Å². The number of nitrogens with zero attached hydrogens (tertiary/aromatic N) is 1. The Kier molecular flexibility index (Phi) is 5.08. The standard InChI is InChI=1S/C17H19N3O6/c1-24-16(22)11-8-26-9-20(14(11)17(23)25-2)12-5-3-4-10-13(12)18-6-7-19-15(10)21/h3-5,18H,6-9H2,1-2H3,(H,19,21). The number of rotatable bonds is 3. The third-order valence-corrected chi connectivity index (χ3v) is 4.12. The minimum Gasteiger partial charge on any atom is -0.466 e. The molecule has 0 atom stereocenters. The Labute approximate surface area is 149 Å². The number of carbonyl (C=O) groups excluding carboxylic acids is 3. The van der Waals surface area contributed by atoms with Crippen molar-refractivity contribution in [2.75, 3.05) is 50.9 Å². The highest BCUT2D eigenvalue weighted by Gasteiger charge is 2.34. The number of benzene rings is 1. The number of hydrogen-bond donors (Lipinski definition) is 2. The Bertz CT molecular complexity index is 789. The van der Waals surface area contributed by atoms with Crippen LogP contribution in [0.15, 0.2) is 29.5 Å². The molecule has 0 aliphatic carbocycles. The molecule has 0 saturated carbocycles. The van der Waals surface area contributed by atoms with E-state index in [-0.39, 0.29) is 30.5 Å². The molecule has 0 unspecified atom stereocenters. The van der Waals surface area contributed by atoms with Gasteiger partial charge in [0.05, 0.1) is 43.3 Å². The van der Waals surface area contributed by atoms with Crippen molar-refractivity contribution in [1.29, 1.82) is 0 Å². The Balaban J connectivity index is 2.16. The highest BCUT2D eigenvalue weighted by Crippen LogP contribution is 2.35. The topological polar surface area (TPSA) is 106 Å². The van der Waals surface area contributed by atoms with Crippen LogP contribution in [0.2, 0.25) is 0 Å². The van der Waals surface area contributed by atoms with E-state index in [1.807, 2.05) is 0 Å². The first-order valence-electron chi connectivity index (χ1n) is 7.98. The van der Waals surface area contributed by atoms with Crippen molar-refractivity contribution in [3.05, 3.63) is 35.0 Å². The lowest BCUT2D eigenvalue weighted by molar-refractivity contribution is -0.140. The van der Waals surface area contributed by atoms with Gasteiger partial charge in [0.1, 0.15) is 12.4 Å².